The lowest BCUT2D eigenvalue weighted by Gasteiger charge is -2.19. The zero-order chi connectivity index (χ0) is 18.9. The number of amides is 2. The monoisotopic (exact) mass is 368 g/mol. The number of likely N-dealkylation sites (tertiary alicyclic amines) is 1. The van der Waals surface area contributed by atoms with E-state index < -0.39 is 0 Å². The van der Waals surface area contributed by atoms with Crippen molar-refractivity contribution in [1.82, 2.24) is 14.9 Å². The number of anilines is 1. The molecule has 1 N–H and O–H groups in total. The fraction of sp³-hybridized carbons (Fsp3) is 0.174. The van der Waals surface area contributed by atoms with Gasteiger partial charge in [-0.15, -0.1) is 0 Å². The Morgan fingerprint density at radius 2 is 1.93 bits per heavy atom. The quantitative estimate of drug-likeness (QED) is 0.517. The molecule has 1 aliphatic heterocycles. The van der Waals surface area contributed by atoms with E-state index in [2.05, 4.69) is 39.6 Å². The summed E-state index contributed by atoms with van der Waals surface area (Å²) in [4.78, 5) is 23.6. The van der Waals surface area contributed by atoms with Gasteiger partial charge in [0.2, 0.25) is 0 Å². The number of nitrogens with zero attached hydrogens (tertiary/aromatic N) is 3. The van der Waals surface area contributed by atoms with Crippen LogP contribution in [-0.4, -0.2) is 34.0 Å². The van der Waals surface area contributed by atoms with Crippen molar-refractivity contribution in [2.45, 2.75) is 12.3 Å². The smallest absolute Gasteiger partial charge is 0.321 e. The lowest BCUT2D eigenvalue weighted by Crippen LogP contribution is -2.32. The Kier molecular flexibility index (Phi) is 4.13. The highest BCUT2D eigenvalue weighted by Gasteiger charge is 2.27. The van der Waals surface area contributed by atoms with Crippen LogP contribution in [0.5, 0.6) is 0 Å². The Hall–Kier alpha value is -3.47. The lowest BCUT2D eigenvalue weighted by atomic mass is 9.99. The van der Waals surface area contributed by atoms with Gasteiger partial charge in [-0.05, 0) is 41.6 Å². The van der Waals surface area contributed by atoms with Crippen LogP contribution in [0.4, 0.5) is 10.5 Å². The number of rotatable bonds is 2. The van der Waals surface area contributed by atoms with Crippen LogP contribution in [0.1, 0.15) is 17.9 Å². The minimum Gasteiger partial charge on any atom is -0.324 e. The van der Waals surface area contributed by atoms with Crippen LogP contribution in [0.15, 0.2) is 73.2 Å². The van der Waals surface area contributed by atoms with Gasteiger partial charge in [0.1, 0.15) is 0 Å². The fourth-order valence-corrected chi connectivity index (χ4v) is 4.04. The number of nitrogens with one attached hydrogen (secondary N) is 1. The first kappa shape index (κ1) is 16.7. The topological polar surface area (TPSA) is 58.1 Å². The molecule has 2 aromatic heterocycles. The minimum absolute atomic E-state index is 0.0583. The maximum Gasteiger partial charge on any atom is 0.321 e. The van der Waals surface area contributed by atoms with E-state index in [0.717, 1.165) is 46.9 Å². The SMILES string of the molecule is O=C(Nc1cc2ccncc2c2ncccc12)N1CC[C@@H](c2ccccc2)C1. The Morgan fingerprint density at radius 1 is 1.04 bits per heavy atom. The van der Waals surface area contributed by atoms with Gasteiger partial charge in [-0.2, -0.15) is 0 Å². The van der Waals surface area contributed by atoms with Gasteiger partial charge in [0.25, 0.3) is 0 Å². The summed E-state index contributed by atoms with van der Waals surface area (Å²) in [5, 5.41) is 6.05. The molecule has 0 aliphatic carbocycles. The lowest BCUT2D eigenvalue weighted by molar-refractivity contribution is 0.222. The molecule has 0 bridgehead atoms. The third kappa shape index (κ3) is 2.95. The zero-order valence-electron chi connectivity index (χ0n) is 15.4. The average Bonchev–Trinajstić information content (AvgIpc) is 3.25. The number of carbonyl (C=O) groups excluding carboxylic acids is 1. The Bertz CT molecular complexity index is 1160. The van der Waals surface area contributed by atoms with Crippen molar-refractivity contribution < 1.29 is 4.79 Å². The van der Waals surface area contributed by atoms with Crippen LogP contribution in [-0.2, 0) is 0 Å². The van der Waals surface area contributed by atoms with E-state index >= 15 is 0 Å². The van der Waals surface area contributed by atoms with Crippen molar-refractivity contribution in [3.05, 3.63) is 78.8 Å². The van der Waals surface area contributed by atoms with Crippen LogP contribution < -0.4 is 5.32 Å². The summed E-state index contributed by atoms with van der Waals surface area (Å²) in [5.41, 5.74) is 2.94. The van der Waals surface area contributed by atoms with E-state index in [4.69, 9.17) is 0 Å². The fourth-order valence-electron chi connectivity index (χ4n) is 4.04. The van der Waals surface area contributed by atoms with E-state index in [9.17, 15) is 4.79 Å². The largest absolute Gasteiger partial charge is 0.324 e. The highest BCUT2D eigenvalue weighted by Crippen LogP contribution is 2.31. The number of fused-ring (bicyclic) bond motifs is 3. The Balaban J connectivity index is 1.43. The molecule has 3 heterocycles. The minimum atomic E-state index is -0.0583. The van der Waals surface area contributed by atoms with Crippen molar-refractivity contribution in [2.75, 3.05) is 18.4 Å². The normalized spacial score (nSPS) is 16.6. The standard InChI is InChI=1S/C23H20N4O/c28-23(27-12-9-18(15-27)16-5-2-1-3-6-16)26-21-13-17-8-11-24-14-20(17)22-19(21)7-4-10-25-22/h1-8,10-11,13-14,18H,9,12,15H2,(H,26,28)/t18-/m1/s1. The van der Waals surface area contributed by atoms with Gasteiger partial charge >= 0.3 is 6.03 Å². The summed E-state index contributed by atoms with van der Waals surface area (Å²) in [6.07, 6.45) is 6.34. The van der Waals surface area contributed by atoms with Gasteiger partial charge in [-0.25, -0.2) is 4.79 Å². The molecule has 0 radical (unpaired) electrons. The van der Waals surface area contributed by atoms with Gasteiger partial charge in [0.15, 0.2) is 0 Å². The number of benzene rings is 2. The van der Waals surface area contributed by atoms with Gasteiger partial charge in [0, 0.05) is 48.4 Å². The molecule has 138 valence electrons. The highest BCUT2D eigenvalue weighted by molar-refractivity contribution is 6.13. The summed E-state index contributed by atoms with van der Waals surface area (Å²) in [7, 11) is 0. The molecule has 1 atom stereocenters. The molecule has 2 aromatic carbocycles. The third-order valence-electron chi connectivity index (χ3n) is 5.50. The van der Waals surface area contributed by atoms with Crippen molar-refractivity contribution in [3.63, 3.8) is 0 Å². The van der Waals surface area contributed by atoms with E-state index in [1.165, 1.54) is 5.56 Å². The molecule has 28 heavy (non-hydrogen) atoms. The first-order valence-electron chi connectivity index (χ1n) is 9.52. The molecule has 0 unspecified atom stereocenters. The summed E-state index contributed by atoms with van der Waals surface area (Å²) in [6, 6.07) is 18.2. The van der Waals surface area contributed by atoms with Crippen LogP contribution >= 0.6 is 0 Å². The van der Waals surface area contributed by atoms with Crippen molar-refractivity contribution in [2.24, 2.45) is 0 Å². The Morgan fingerprint density at radius 3 is 2.82 bits per heavy atom. The second-order valence-electron chi connectivity index (χ2n) is 7.19. The van der Waals surface area contributed by atoms with Crippen LogP contribution in [0.2, 0.25) is 0 Å². The highest BCUT2D eigenvalue weighted by atomic mass is 16.2. The number of aromatic nitrogens is 2. The first-order valence-corrected chi connectivity index (χ1v) is 9.52. The number of pyridine rings is 2. The summed E-state index contributed by atoms with van der Waals surface area (Å²) in [6.45, 7) is 1.50. The maximum absolute atomic E-state index is 13.0. The summed E-state index contributed by atoms with van der Waals surface area (Å²) in [5.74, 6) is 0.396. The number of urea groups is 1. The number of carbonyl (C=O) groups is 1. The van der Waals surface area contributed by atoms with E-state index in [1.54, 1.807) is 12.4 Å². The van der Waals surface area contributed by atoms with Crippen molar-refractivity contribution in [3.8, 4) is 0 Å². The van der Waals surface area contributed by atoms with E-state index in [0.29, 0.717) is 5.92 Å². The Labute approximate surface area is 163 Å². The second kappa shape index (κ2) is 6.93. The molecular formula is C23H20N4O. The molecular weight excluding hydrogens is 348 g/mol. The molecule has 0 spiro atoms. The number of hydrogen-bond acceptors (Lipinski definition) is 3. The second-order valence-corrected chi connectivity index (χ2v) is 7.19. The molecule has 1 saturated heterocycles. The van der Waals surface area contributed by atoms with Crippen LogP contribution in [0, 0.1) is 0 Å². The van der Waals surface area contributed by atoms with Gasteiger partial charge in [0.05, 0.1) is 11.2 Å². The maximum atomic E-state index is 13.0. The number of hydrogen-bond donors (Lipinski definition) is 1. The zero-order valence-corrected chi connectivity index (χ0v) is 15.4. The van der Waals surface area contributed by atoms with Crippen molar-refractivity contribution in [1.29, 1.82) is 0 Å². The van der Waals surface area contributed by atoms with Gasteiger partial charge < -0.3 is 10.2 Å². The van der Waals surface area contributed by atoms with Gasteiger partial charge in [-0.1, -0.05) is 30.3 Å². The first-order chi connectivity index (χ1) is 13.8. The molecule has 1 fully saturated rings. The molecule has 1 aliphatic rings. The van der Waals surface area contributed by atoms with Crippen molar-refractivity contribution >= 4 is 33.4 Å². The molecule has 0 saturated carbocycles. The van der Waals surface area contributed by atoms with Crippen LogP contribution in [0.3, 0.4) is 0 Å². The molecule has 5 rings (SSSR count). The predicted octanol–water partition coefficient (Wildman–Crippen LogP) is 4.80. The summed E-state index contributed by atoms with van der Waals surface area (Å²) < 4.78 is 0. The molecule has 5 nitrogen and oxygen atoms in total. The molecule has 4 aromatic rings. The summed E-state index contributed by atoms with van der Waals surface area (Å²) >= 11 is 0. The van der Waals surface area contributed by atoms with Crippen LogP contribution in [0.25, 0.3) is 21.7 Å². The predicted molar refractivity (Wildman–Crippen MR) is 111 cm³/mol. The van der Waals surface area contributed by atoms with E-state index in [-0.39, 0.29) is 6.03 Å². The average molecular weight is 368 g/mol. The third-order valence-corrected chi connectivity index (χ3v) is 5.50. The van der Waals surface area contributed by atoms with E-state index in [1.807, 2.05) is 41.4 Å². The molecule has 5 heteroatoms. The van der Waals surface area contributed by atoms with Gasteiger partial charge in [-0.3, -0.25) is 9.97 Å². The molecule has 2 amide bonds.